The van der Waals surface area contributed by atoms with Crippen LogP contribution in [0.3, 0.4) is 0 Å². The van der Waals surface area contributed by atoms with Gasteiger partial charge >= 0.3 is 0 Å². The third-order valence-corrected chi connectivity index (χ3v) is 4.49. The van der Waals surface area contributed by atoms with Crippen molar-refractivity contribution in [3.63, 3.8) is 0 Å². The maximum absolute atomic E-state index is 12.0. The lowest BCUT2D eigenvalue weighted by Crippen LogP contribution is -2.87. The van der Waals surface area contributed by atoms with E-state index in [-0.39, 0.29) is 11.9 Å². The van der Waals surface area contributed by atoms with E-state index < -0.39 is 0 Å². The number of methoxy groups -OCH3 is 2. The van der Waals surface area contributed by atoms with Gasteiger partial charge in [-0.05, 0) is 43.2 Å². The quantitative estimate of drug-likeness (QED) is 0.705. The molecule has 0 fully saturated rings. The molecular formula is C20H26ClN2O3+. The first-order valence-electron chi connectivity index (χ1n) is 8.60. The van der Waals surface area contributed by atoms with Crippen LogP contribution in [0, 0.1) is 0 Å². The second kappa shape index (κ2) is 10.0. The van der Waals surface area contributed by atoms with Gasteiger partial charge in [0.1, 0.15) is 6.04 Å². The van der Waals surface area contributed by atoms with Crippen LogP contribution in [-0.2, 0) is 11.2 Å². The Morgan fingerprint density at radius 1 is 1.12 bits per heavy atom. The van der Waals surface area contributed by atoms with Crippen LogP contribution in [0.2, 0.25) is 5.02 Å². The van der Waals surface area contributed by atoms with E-state index in [9.17, 15) is 4.79 Å². The molecule has 5 nitrogen and oxygen atoms in total. The van der Waals surface area contributed by atoms with Crippen LogP contribution in [-0.4, -0.2) is 33.2 Å². The molecule has 1 amide bonds. The minimum atomic E-state index is 0.0197. The van der Waals surface area contributed by atoms with Crippen molar-refractivity contribution in [2.45, 2.75) is 19.4 Å². The van der Waals surface area contributed by atoms with Crippen molar-refractivity contribution in [1.82, 2.24) is 5.32 Å². The summed E-state index contributed by atoms with van der Waals surface area (Å²) in [5, 5.41) is 5.68. The Morgan fingerprint density at radius 3 is 2.46 bits per heavy atom. The Morgan fingerprint density at radius 2 is 1.81 bits per heavy atom. The van der Waals surface area contributed by atoms with Gasteiger partial charge in [-0.3, -0.25) is 4.79 Å². The maximum Gasteiger partial charge on any atom is 0.275 e. The number of quaternary nitrogens is 1. The highest BCUT2D eigenvalue weighted by molar-refractivity contribution is 6.30. The number of carbonyl (C=O) groups is 1. The van der Waals surface area contributed by atoms with Gasteiger partial charge in [0.25, 0.3) is 5.91 Å². The number of hydrogen-bond acceptors (Lipinski definition) is 3. The van der Waals surface area contributed by atoms with Gasteiger partial charge in [-0.2, -0.15) is 0 Å². The van der Waals surface area contributed by atoms with E-state index in [1.54, 1.807) is 14.2 Å². The molecule has 0 aliphatic rings. The highest BCUT2D eigenvalue weighted by atomic mass is 35.5. The molecule has 0 bridgehead atoms. The van der Waals surface area contributed by atoms with Crippen LogP contribution in [0.15, 0.2) is 42.5 Å². The number of nitrogens with one attached hydrogen (secondary N) is 1. The van der Waals surface area contributed by atoms with Crippen molar-refractivity contribution < 1.29 is 19.6 Å². The Bertz CT molecular complexity index is 719. The van der Waals surface area contributed by atoms with Crippen molar-refractivity contribution in [2.75, 3.05) is 27.3 Å². The SMILES string of the molecule is COc1ccc(CCNC(=O)C[NH2+][C@@H](C)c2ccc(Cl)cc2)cc1OC. The molecule has 2 aromatic rings. The first-order valence-corrected chi connectivity index (χ1v) is 8.97. The molecule has 1 atom stereocenters. The molecule has 3 N–H and O–H groups in total. The van der Waals surface area contributed by atoms with Crippen LogP contribution >= 0.6 is 11.6 Å². The van der Waals surface area contributed by atoms with E-state index in [2.05, 4.69) is 12.2 Å². The van der Waals surface area contributed by atoms with Gasteiger partial charge in [-0.15, -0.1) is 0 Å². The number of benzene rings is 2. The number of rotatable bonds is 9. The van der Waals surface area contributed by atoms with Crippen molar-refractivity contribution in [3.05, 3.63) is 58.6 Å². The summed E-state index contributed by atoms with van der Waals surface area (Å²) in [5.74, 6) is 1.42. The van der Waals surface area contributed by atoms with Crippen LogP contribution in [0.5, 0.6) is 11.5 Å². The van der Waals surface area contributed by atoms with Crippen LogP contribution in [0.4, 0.5) is 0 Å². The van der Waals surface area contributed by atoms with Gasteiger partial charge in [0.15, 0.2) is 18.0 Å². The van der Waals surface area contributed by atoms with E-state index in [1.165, 1.54) is 0 Å². The molecule has 2 aromatic carbocycles. The topological polar surface area (TPSA) is 64.2 Å². The van der Waals surface area contributed by atoms with Crippen LogP contribution in [0.1, 0.15) is 24.1 Å². The van der Waals surface area contributed by atoms with Crippen molar-refractivity contribution in [2.24, 2.45) is 0 Å². The second-order valence-corrected chi connectivity index (χ2v) is 6.51. The molecule has 0 aliphatic carbocycles. The van der Waals surface area contributed by atoms with Gasteiger partial charge in [-0.1, -0.05) is 29.8 Å². The van der Waals surface area contributed by atoms with Crippen molar-refractivity contribution >= 4 is 17.5 Å². The highest BCUT2D eigenvalue weighted by Gasteiger charge is 2.11. The number of ether oxygens (including phenoxy) is 2. The van der Waals surface area contributed by atoms with Crippen LogP contribution < -0.4 is 20.1 Å². The number of nitrogens with two attached hydrogens (primary N) is 1. The summed E-state index contributed by atoms with van der Waals surface area (Å²) in [4.78, 5) is 12.0. The van der Waals surface area contributed by atoms with Gasteiger partial charge < -0.3 is 20.1 Å². The monoisotopic (exact) mass is 377 g/mol. The van der Waals surface area contributed by atoms with Crippen molar-refractivity contribution in [3.8, 4) is 11.5 Å². The summed E-state index contributed by atoms with van der Waals surface area (Å²) >= 11 is 5.90. The fraction of sp³-hybridized carbons (Fsp3) is 0.350. The Labute approximate surface area is 159 Å². The van der Waals surface area contributed by atoms with Crippen molar-refractivity contribution in [1.29, 1.82) is 0 Å². The molecular weight excluding hydrogens is 352 g/mol. The lowest BCUT2D eigenvalue weighted by molar-refractivity contribution is -0.682. The number of carbonyl (C=O) groups excluding carboxylic acids is 1. The Balaban J connectivity index is 1.74. The fourth-order valence-corrected chi connectivity index (χ4v) is 2.77. The van der Waals surface area contributed by atoms with E-state index in [1.807, 2.05) is 47.8 Å². The van der Waals surface area contributed by atoms with Gasteiger partial charge in [-0.25, -0.2) is 0 Å². The number of halogens is 1. The zero-order valence-electron chi connectivity index (χ0n) is 15.4. The average molecular weight is 378 g/mol. The highest BCUT2D eigenvalue weighted by Crippen LogP contribution is 2.27. The average Bonchev–Trinajstić information content (AvgIpc) is 2.66. The summed E-state index contributed by atoms with van der Waals surface area (Å²) in [6.07, 6.45) is 0.735. The minimum Gasteiger partial charge on any atom is -0.493 e. The zero-order chi connectivity index (χ0) is 18.9. The minimum absolute atomic E-state index is 0.0197. The Hall–Kier alpha value is -2.24. The molecule has 0 unspecified atom stereocenters. The second-order valence-electron chi connectivity index (χ2n) is 6.07. The summed E-state index contributed by atoms with van der Waals surface area (Å²) in [6.45, 7) is 3.04. The molecule has 26 heavy (non-hydrogen) atoms. The number of hydrogen-bond donors (Lipinski definition) is 2. The molecule has 0 saturated heterocycles. The molecule has 0 radical (unpaired) electrons. The Kier molecular flexibility index (Phi) is 7.75. The summed E-state index contributed by atoms with van der Waals surface area (Å²) in [5.41, 5.74) is 2.23. The zero-order valence-corrected chi connectivity index (χ0v) is 16.2. The van der Waals surface area contributed by atoms with E-state index in [0.717, 1.165) is 17.5 Å². The standard InChI is InChI=1S/C20H25ClN2O3/c1-14(16-5-7-17(21)8-6-16)23-13-20(24)22-11-10-15-4-9-18(25-2)19(12-15)26-3/h4-9,12,14,23H,10-11,13H2,1-3H3,(H,22,24)/p+1/t14-/m0/s1. The first kappa shape index (κ1) is 20.1. The fourth-order valence-electron chi connectivity index (χ4n) is 2.64. The summed E-state index contributed by atoms with van der Waals surface area (Å²) < 4.78 is 10.5. The summed E-state index contributed by atoms with van der Waals surface area (Å²) in [7, 11) is 3.22. The number of amides is 1. The molecule has 0 aromatic heterocycles. The molecule has 0 aliphatic heterocycles. The summed E-state index contributed by atoms with van der Waals surface area (Å²) in [6, 6.07) is 13.7. The smallest absolute Gasteiger partial charge is 0.275 e. The lowest BCUT2D eigenvalue weighted by Gasteiger charge is -2.12. The molecule has 0 saturated carbocycles. The third kappa shape index (κ3) is 5.93. The molecule has 0 heterocycles. The largest absolute Gasteiger partial charge is 0.493 e. The van der Waals surface area contributed by atoms with E-state index >= 15 is 0 Å². The predicted molar refractivity (Wildman–Crippen MR) is 103 cm³/mol. The van der Waals surface area contributed by atoms with Crippen LogP contribution in [0.25, 0.3) is 0 Å². The van der Waals surface area contributed by atoms with Gasteiger partial charge in [0, 0.05) is 17.1 Å². The van der Waals surface area contributed by atoms with Gasteiger partial charge in [0.2, 0.25) is 0 Å². The molecule has 0 spiro atoms. The maximum atomic E-state index is 12.0. The molecule has 2 rings (SSSR count). The first-order chi connectivity index (χ1) is 12.5. The molecule has 140 valence electrons. The third-order valence-electron chi connectivity index (χ3n) is 4.24. The molecule has 6 heteroatoms. The lowest BCUT2D eigenvalue weighted by atomic mass is 10.1. The van der Waals surface area contributed by atoms with Gasteiger partial charge in [0.05, 0.1) is 14.2 Å². The van der Waals surface area contributed by atoms with E-state index in [4.69, 9.17) is 21.1 Å². The van der Waals surface area contributed by atoms with E-state index in [0.29, 0.717) is 29.6 Å². The normalized spacial score (nSPS) is 11.7. The predicted octanol–water partition coefficient (Wildman–Crippen LogP) is 2.34.